The highest BCUT2D eigenvalue weighted by Crippen LogP contribution is 2.42. The molecule has 1 amide bonds. The predicted molar refractivity (Wildman–Crippen MR) is 148 cm³/mol. The topological polar surface area (TPSA) is 114 Å². The number of amides is 1. The second-order valence-corrected chi connectivity index (χ2v) is 10.5. The number of carbonyl (C=O) groups is 2. The van der Waals surface area contributed by atoms with Crippen LogP contribution in [0.15, 0.2) is 42.7 Å². The number of aromatic nitrogens is 5. The van der Waals surface area contributed by atoms with Crippen molar-refractivity contribution in [3.63, 3.8) is 0 Å². The summed E-state index contributed by atoms with van der Waals surface area (Å²) >= 11 is 6.48. The number of rotatable bonds is 7. The van der Waals surface area contributed by atoms with E-state index in [2.05, 4.69) is 10.2 Å². The zero-order valence-corrected chi connectivity index (χ0v) is 23.8. The molecule has 0 saturated carbocycles. The Morgan fingerprint density at radius 1 is 1.15 bits per heavy atom. The summed E-state index contributed by atoms with van der Waals surface area (Å²) in [6.07, 6.45) is 3.38. The molecule has 0 bridgehead atoms. The molecule has 1 saturated heterocycles. The van der Waals surface area contributed by atoms with E-state index in [0.717, 1.165) is 17.5 Å². The van der Waals surface area contributed by atoms with Crippen molar-refractivity contribution in [3.05, 3.63) is 64.7 Å². The molecule has 0 unspecified atom stereocenters. The number of imidazole rings is 1. The first kappa shape index (κ1) is 27.4. The average Bonchev–Trinajstić information content (AvgIpc) is 3.68. The minimum Gasteiger partial charge on any atom is -0.497 e. The van der Waals surface area contributed by atoms with Gasteiger partial charge in [0.15, 0.2) is 6.73 Å². The lowest BCUT2D eigenvalue weighted by Crippen LogP contribution is -2.45. The summed E-state index contributed by atoms with van der Waals surface area (Å²) in [7, 11) is 1.55. The van der Waals surface area contributed by atoms with Gasteiger partial charge in [0.2, 0.25) is 0 Å². The maximum absolute atomic E-state index is 14.3. The molecule has 2 aromatic heterocycles. The van der Waals surface area contributed by atoms with Gasteiger partial charge in [-0.2, -0.15) is 15.0 Å². The number of nitrogens with zero attached hydrogens (tertiary/aromatic N) is 6. The third kappa shape index (κ3) is 4.85. The van der Waals surface area contributed by atoms with Crippen molar-refractivity contribution in [2.24, 2.45) is 0 Å². The lowest BCUT2D eigenvalue weighted by molar-refractivity contribution is 0.0137. The number of methoxy groups -OCH3 is 1. The molecule has 1 aliphatic rings. The van der Waals surface area contributed by atoms with E-state index in [-0.39, 0.29) is 18.7 Å². The molecule has 4 aromatic rings. The van der Waals surface area contributed by atoms with Gasteiger partial charge in [-0.15, -0.1) is 0 Å². The first-order chi connectivity index (χ1) is 19.1. The molecule has 0 aliphatic carbocycles. The van der Waals surface area contributed by atoms with Crippen LogP contribution in [-0.4, -0.2) is 61.3 Å². The quantitative estimate of drug-likeness (QED) is 0.278. The van der Waals surface area contributed by atoms with E-state index < -0.39 is 11.7 Å². The SMILES string of the molecule is COc1ccc(-n2nccn2)c(C(=O)N2CCC[C@@]2(C)c2nc3ccc(Cl)c(C)c3n2COC(=O)OC(C)C)c1. The van der Waals surface area contributed by atoms with Crippen LogP contribution in [0.3, 0.4) is 0 Å². The summed E-state index contributed by atoms with van der Waals surface area (Å²) in [5, 5.41) is 9.02. The molecule has 40 heavy (non-hydrogen) atoms. The molecule has 210 valence electrons. The van der Waals surface area contributed by atoms with Gasteiger partial charge in [-0.3, -0.25) is 9.36 Å². The van der Waals surface area contributed by atoms with Gasteiger partial charge in [0.25, 0.3) is 5.91 Å². The summed E-state index contributed by atoms with van der Waals surface area (Å²) in [4.78, 5) is 34.8. The molecule has 5 rings (SSSR count). The molecule has 12 heteroatoms. The van der Waals surface area contributed by atoms with E-state index in [9.17, 15) is 9.59 Å². The standard InChI is InChI=1S/C28H31ClN6O5/c1-17(2)40-27(37)39-16-33-24-18(3)21(29)8-9-22(24)32-26(33)28(4)11-6-14-34(28)25(36)20-15-19(38-5)7-10-23(20)35-30-12-13-31-35/h7-10,12-13,15,17H,6,11,14,16H2,1-5H3/t28-/m0/s1. The molecular formula is C28H31ClN6O5. The first-order valence-corrected chi connectivity index (χ1v) is 13.4. The van der Waals surface area contributed by atoms with Crippen LogP contribution >= 0.6 is 11.6 Å². The minimum absolute atomic E-state index is 0.155. The number of fused-ring (bicyclic) bond motifs is 1. The van der Waals surface area contributed by atoms with Crippen LogP contribution in [0.25, 0.3) is 16.7 Å². The summed E-state index contributed by atoms with van der Waals surface area (Å²) in [5.74, 6) is 0.896. The highest BCUT2D eigenvalue weighted by atomic mass is 35.5. The van der Waals surface area contributed by atoms with Crippen molar-refractivity contribution in [3.8, 4) is 11.4 Å². The zero-order chi connectivity index (χ0) is 28.6. The molecular weight excluding hydrogens is 536 g/mol. The number of benzene rings is 2. The fraction of sp³-hybridized carbons (Fsp3) is 0.393. The number of likely N-dealkylation sites (tertiary alicyclic amines) is 1. The summed E-state index contributed by atoms with van der Waals surface area (Å²) < 4.78 is 17.9. The average molecular weight is 567 g/mol. The van der Waals surface area contributed by atoms with E-state index in [1.807, 2.05) is 24.5 Å². The molecule has 0 spiro atoms. The van der Waals surface area contributed by atoms with Crippen molar-refractivity contribution >= 4 is 34.7 Å². The van der Waals surface area contributed by atoms with Crippen LogP contribution in [-0.2, 0) is 21.7 Å². The Labute approximate surface area is 236 Å². The van der Waals surface area contributed by atoms with Crippen LogP contribution in [0.4, 0.5) is 4.79 Å². The van der Waals surface area contributed by atoms with Gasteiger partial charge in [-0.1, -0.05) is 11.6 Å². The van der Waals surface area contributed by atoms with Crippen molar-refractivity contribution < 1.29 is 23.8 Å². The van der Waals surface area contributed by atoms with Gasteiger partial charge in [-0.05, 0) is 76.4 Å². The maximum Gasteiger partial charge on any atom is 0.510 e. The Bertz CT molecular complexity index is 1570. The van der Waals surface area contributed by atoms with Crippen LogP contribution in [0.2, 0.25) is 5.02 Å². The van der Waals surface area contributed by atoms with Crippen LogP contribution in [0.5, 0.6) is 5.75 Å². The summed E-state index contributed by atoms with van der Waals surface area (Å²) in [6.45, 7) is 7.70. The number of halogens is 1. The first-order valence-electron chi connectivity index (χ1n) is 13.0. The molecule has 1 atom stereocenters. The molecule has 0 radical (unpaired) electrons. The molecule has 3 heterocycles. The predicted octanol–water partition coefficient (Wildman–Crippen LogP) is 5.26. The van der Waals surface area contributed by atoms with Gasteiger partial charge >= 0.3 is 6.16 Å². The van der Waals surface area contributed by atoms with Crippen molar-refractivity contribution in [2.75, 3.05) is 13.7 Å². The third-order valence-corrected chi connectivity index (χ3v) is 7.58. The van der Waals surface area contributed by atoms with E-state index >= 15 is 0 Å². The van der Waals surface area contributed by atoms with Gasteiger partial charge in [0.05, 0.1) is 53.4 Å². The molecule has 1 aliphatic heterocycles. The number of aryl methyl sites for hydroxylation is 1. The summed E-state index contributed by atoms with van der Waals surface area (Å²) in [5.41, 5.74) is 2.28. The zero-order valence-electron chi connectivity index (χ0n) is 23.0. The van der Waals surface area contributed by atoms with Crippen molar-refractivity contribution in [2.45, 2.75) is 58.9 Å². The van der Waals surface area contributed by atoms with Gasteiger partial charge < -0.3 is 19.1 Å². The Kier molecular flexibility index (Phi) is 7.41. The fourth-order valence-electron chi connectivity index (χ4n) is 5.25. The second kappa shape index (κ2) is 10.8. The monoisotopic (exact) mass is 566 g/mol. The fourth-order valence-corrected chi connectivity index (χ4v) is 5.40. The Morgan fingerprint density at radius 3 is 2.60 bits per heavy atom. The van der Waals surface area contributed by atoms with E-state index in [0.29, 0.717) is 46.3 Å². The number of hydrogen-bond donors (Lipinski definition) is 0. The highest BCUT2D eigenvalue weighted by Gasteiger charge is 2.46. The van der Waals surface area contributed by atoms with E-state index in [1.165, 1.54) is 4.80 Å². The van der Waals surface area contributed by atoms with E-state index in [1.54, 1.807) is 62.5 Å². The molecule has 11 nitrogen and oxygen atoms in total. The van der Waals surface area contributed by atoms with Gasteiger partial charge in [0, 0.05) is 11.6 Å². The normalized spacial score (nSPS) is 17.0. The van der Waals surface area contributed by atoms with Gasteiger partial charge in [0.1, 0.15) is 11.6 Å². The Balaban J connectivity index is 1.60. The lowest BCUT2D eigenvalue weighted by Gasteiger charge is -2.35. The second-order valence-electron chi connectivity index (χ2n) is 10.1. The molecule has 2 aromatic carbocycles. The smallest absolute Gasteiger partial charge is 0.497 e. The number of hydrogen-bond acceptors (Lipinski definition) is 8. The number of carbonyl (C=O) groups excluding carboxylic acids is 2. The van der Waals surface area contributed by atoms with Crippen LogP contribution in [0.1, 0.15) is 55.4 Å². The Morgan fingerprint density at radius 2 is 1.90 bits per heavy atom. The molecule has 1 fully saturated rings. The van der Waals surface area contributed by atoms with Crippen LogP contribution < -0.4 is 4.74 Å². The largest absolute Gasteiger partial charge is 0.510 e. The third-order valence-electron chi connectivity index (χ3n) is 7.18. The molecule has 0 N–H and O–H groups in total. The minimum atomic E-state index is -0.835. The maximum atomic E-state index is 14.3. The highest BCUT2D eigenvalue weighted by molar-refractivity contribution is 6.32. The summed E-state index contributed by atoms with van der Waals surface area (Å²) in [6, 6.07) is 8.82. The van der Waals surface area contributed by atoms with E-state index in [4.69, 9.17) is 30.8 Å². The lowest BCUT2D eigenvalue weighted by atomic mass is 9.96. The van der Waals surface area contributed by atoms with Crippen LogP contribution in [0, 0.1) is 6.92 Å². The van der Waals surface area contributed by atoms with Gasteiger partial charge in [-0.25, -0.2) is 9.78 Å². The van der Waals surface area contributed by atoms with Crippen molar-refractivity contribution in [1.82, 2.24) is 29.4 Å². The Hall–Kier alpha value is -4.12. The number of ether oxygens (including phenoxy) is 3. The van der Waals surface area contributed by atoms with Crippen molar-refractivity contribution in [1.29, 1.82) is 0 Å².